The second kappa shape index (κ2) is 11.3. The Morgan fingerprint density at radius 1 is 0.636 bits per heavy atom. The zero-order valence-corrected chi connectivity index (χ0v) is 24.8. The van der Waals surface area contributed by atoms with E-state index in [0.29, 0.717) is 47.1 Å². The fourth-order valence-corrected chi connectivity index (χ4v) is 5.50. The number of hydrogen-bond acceptors (Lipinski definition) is 6. The van der Waals surface area contributed by atoms with Gasteiger partial charge in [0.25, 0.3) is 0 Å². The monoisotopic (exact) mass is 581 g/mol. The van der Waals surface area contributed by atoms with E-state index < -0.39 is 0 Å². The van der Waals surface area contributed by atoms with Crippen LogP contribution >= 0.6 is 0 Å². The summed E-state index contributed by atoms with van der Waals surface area (Å²) in [7, 11) is 2.02. The number of piperidine rings is 1. The van der Waals surface area contributed by atoms with Gasteiger partial charge in [0, 0.05) is 47.8 Å². The molecule has 6 aromatic rings. The molecule has 0 saturated carbocycles. The molecule has 218 valence electrons. The van der Waals surface area contributed by atoms with Gasteiger partial charge in [-0.1, -0.05) is 36.4 Å². The van der Waals surface area contributed by atoms with Gasteiger partial charge in [0.1, 0.15) is 22.9 Å². The molecular formula is C36H31N5O3. The number of Topliss-reactive ketones (excluding diaryl/α,β-unsaturated/α-hetero) is 1. The Kier molecular flexibility index (Phi) is 7.04. The molecule has 0 radical (unpaired) electrons. The van der Waals surface area contributed by atoms with Crippen molar-refractivity contribution in [3.63, 3.8) is 0 Å². The second-order valence-electron chi connectivity index (χ2n) is 11.1. The molecule has 1 aliphatic heterocycles. The zero-order valence-electron chi connectivity index (χ0n) is 24.8. The van der Waals surface area contributed by atoms with Crippen LogP contribution in [0.1, 0.15) is 22.6 Å². The molecule has 0 N–H and O–H groups in total. The fourth-order valence-electron chi connectivity index (χ4n) is 5.50. The molecule has 0 amide bonds. The Morgan fingerprint density at radius 3 is 1.45 bits per heavy atom. The topological polar surface area (TPSA) is 82.2 Å². The summed E-state index contributed by atoms with van der Waals surface area (Å²) in [5, 5.41) is 9.71. The quantitative estimate of drug-likeness (QED) is 0.194. The smallest absolute Gasteiger partial charge is 0.187 e. The van der Waals surface area contributed by atoms with Gasteiger partial charge >= 0.3 is 0 Å². The Morgan fingerprint density at radius 2 is 1.07 bits per heavy atom. The average Bonchev–Trinajstić information content (AvgIpc) is 3.83. The number of ketones is 1. The van der Waals surface area contributed by atoms with E-state index in [0.717, 1.165) is 34.0 Å². The number of nitrogens with zero attached hydrogens (tertiary/aromatic N) is 5. The Hall–Kier alpha value is -5.47. The highest BCUT2D eigenvalue weighted by Crippen LogP contribution is 2.31. The van der Waals surface area contributed by atoms with Crippen molar-refractivity contribution in [2.45, 2.75) is 13.8 Å². The normalized spacial score (nSPS) is 15.9. The van der Waals surface area contributed by atoms with Crippen LogP contribution in [0, 0.1) is 13.8 Å². The number of benzene rings is 2. The molecule has 1 aliphatic rings. The largest absolute Gasteiger partial charge is 0.460 e. The number of likely N-dealkylation sites (tertiary alicyclic amines) is 1. The van der Waals surface area contributed by atoms with Crippen molar-refractivity contribution in [2.24, 2.45) is 0 Å². The van der Waals surface area contributed by atoms with Crippen molar-refractivity contribution in [3.05, 3.63) is 131 Å². The highest BCUT2D eigenvalue weighted by molar-refractivity contribution is 6.15. The summed E-state index contributed by atoms with van der Waals surface area (Å²) < 4.78 is 15.6. The summed E-state index contributed by atoms with van der Waals surface area (Å²) in [6.07, 6.45) is 7.77. The number of para-hydroxylation sites is 2. The molecule has 1 saturated heterocycles. The first kappa shape index (κ1) is 27.4. The van der Waals surface area contributed by atoms with Crippen molar-refractivity contribution in [1.82, 2.24) is 24.5 Å². The third kappa shape index (κ3) is 5.39. The molecule has 1 fully saturated rings. The number of likely N-dealkylation sites (N-methyl/N-ethyl adjacent to an activating group) is 1. The van der Waals surface area contributed by atoms with Crippen LogP contribution in [0.5, 0.6) is 0 Å². The molecule has 4 aromatic heterocycles. The minimum atomic E-state index is -0.00817. The lowest BCUT2D eigenvalue weighted by Crippen LogP contribution is -2.34. The Bertz CT molecular complexity index is 1880. The number of carbonyl (C=O) groups is 1. The summed E-state index contributed by atoms with van der Waals surface area (Å²) in [6.45, 7) is 4.84. The van der Waals surface area contributed by atoms with E-state index in [2.05, 4.69) is 4.90 Å². The number of hydrogen-bond donors (Lipinski definition) is 0. The number of aryl methyl sites for hydroxylation is 2. The van der Waals surface area contributed by atoms with E-state index in [1.165, 1.54) is 0 Å². The molecule has 0 aliphatic carbocycles. The van der Waals surface area contributed by atoms with Crippen molar-refractivity contribution in [1.29, 1.82) is 0 Å². The summed E-state index contributed by atoms with van der Waals surface area (Å²) in [4.78, 5) is 16.2. The first-order chi connectivity index (χ1) is 21.4. The molecule has 0 atom stereocenters. The first-order valence-corrected chi connectivity index (χ1v) is 14.5. The van der Waals surface area contributed by atoms with E-state index >= 15 is 0 Å². The van der Waals surface area contributed by atoms with Crippen LogP contribution in [-0.2, 0) is 4.79 Å². The molecule has 7 rings (SSSR count). The van der Waals surface area contributed by atoms with Gasteiger partial charge in [0.2, 0.25) is 0 Å². The van der Waals surface area contributed by atoms with Gasteiger partial charge in [0.05, 0.1) is 11.4 Å². The third-order valence-corrected chi connectivity index (χ3v) is 7.60. The van der Waals surface area contributed by atoms with Crippen molar-refractivity contribution >= 4 is 17.9 Å². The number of aromatic nitrogens is 4. The van der Waals surface area contributed by atoms with Crippen LogP contribution in [0.2, 0.25) is 0 Å². The van der Waals surface area contributed by atoms with Crippen LogP contribution in [0.25, 0.3) is 46.4 Å². The molecule has 8 nitrogen and oxygen atoms in total. The molecule has 8 heteroatoms. The lowest BCUT2D eigenvalue weighted by atomic mass is 9.94. The molecule has 0 bridgehead atoms. The molecule has 44 heavy (non-hydrogen) atoms. The summed E-state index contributed by atoms with van der Waals surface area (Å²) >= 11 is 0. The molecule has 0 unspecified atom stereocenters. The van der Waals surface area contributed by atoms with Crippen LogP contribution in [0.15, 0.2) is 117 Å². The van der Waals surface area contributed by atoms with E-state index in [9.17, 15) is 4.79 Å². The molecule has 2 aromatic carbocycles. The van der Waals surface area contributed by atoms with Crippen LogP contribution in [0.3, 0.4) is 0 Å². The van der Waals surface area contributed by atoms with Crippen LogP contribution in [-0.4, -0.2) is 50.4 Å². The van der Waals surface area contributed by atoms with E-state index in [-0.39, 0.29) is 5.78 Å². The highest BCUT2D eigenvalue weighted by atomic mass is 16.3. The predicted octanol–water partition coefficient (Wildman–Crippen LogP) is 7.18. The minimum Gasteiger partial charge on any atom is -0.460 e. The number of furan rings is 2. The standard InChI is InChI=1S/C36H31N5O3/c1-24-14-16-32(43-24)34-26(22-40(37-34)30-10-6-4-7-11-30)18-28-20-39(3)21-29(36(28)42)19-27-23-41(31-12-8-5-9-13-31)38-35(27)33-17-15-25(2)44-33/h4-19,22-23H,20-21H2,1-3H3. The minimum absolute atomic E-state index is 0.00817. The third-order valence-electron chi connectivity index (χ3n) is 7.60. The number of rotatable bonds is 6. The maximum Gasteiger partial charge on any atom is 0.187 e. The van der Waals surface area contributed by atoms with Gasteiger partial charge in [-0.25, -0.2) is 9.36 Å². The average molecular weight is 582 g/mol. The van der Waals surface area contributed by atoms with Gasteiger partial charge < -0.3 is 8.83 Å². The van der Waals surface area contributed by atoms with Gasteiger partial charge in [-0.15, -0.1) is 0 Å². The molecule has 5 heterocycles. The van der Waals surface area contributed by atoms with E-state index in [1.807, 2.05) is 140 Å². The summed E-state index contributed by atoms with van der Waals surface area (Å²) in [6, 6.07) is 27.5. The molecule has 0 spiro atoms. The predicted molar refractivity (Wildman–Crippen MR) is 170 cm³/mol. The second-order valence-corrected chi connectivity index (χ2v) is 11.1. The number of carbonyl (C=O) groups excluding carboxylic acids is 1. The first-order valence-electron chi connectivity index (χ1n) is 14.5. The maximum absolute atomic E-state index is 14.1. The molecular weight excluding hydrogens is 550 g/mol. The Balaban J connectivity index is 1.30. The lowest BCUT2D eigenvalue weighted by Gasteiger charge is -2.26. The van der Waals surface area contributed by atoms with Crippen LogP contribution in [0.4, 0.5) is 0 Å². The SMILES string of the molecule is Cc1ccc(-c2nn(-c3ccccc3)cc2C=C2CN(C)CC(=Cc3cn(-c4ccccc4)nc3-c3ccc(C)o3)C2=O)o1. The van der Waals surface area contributed by atoms with Gasteiger partial charge in [-0.3, -0.25) is 9.69 Å². The summed E-state index contributed by atoms with van der Waals surface area (Å²) in [5.41, 5.74) is 6.17. The van der Waals surface area contributed by atoms with Gasteiger partial charge in [-0.2, -0.15) is 10.2 Å². The van der Waals surface area contributed by atoms with Gasteiger partial charge in [0.15, 0.2) is 17.3 Å². The van der Waals surface area contributed by atoms with Gasteiger partial charge in [-0.05, 0) is 81.6 Å². The highest BCUT2D eigenvalue weighted by Gasteiger charge is 2.26. The fraction of sp³-hybridized carbons (Fsp3) is 0.139. The van der Waals surface area contributed by atoms with Crippen molar-refractivity contribution in [2.75, 3.05) is 20.1 Å². The summed E-state index contributed by atoms with van der Waals surface area (Å²) in [5.74, 6) is 2.90. The van der Waals surface area contributed by atoms with E-state index in [1.54, 1.807) is 0 Å². The van der Waals surface area contributed by atoms with Crippen LogP contribution < -0.4 is 0 Å². The Labute approximate surface area is 255 Å². The lowest BCUT2D eigenvalue weighted by molar-refractivity contribution is -0.113. The van der Waals surface area contributed by atoms with Crippen molar-refractivity contribution < 1.29 is 13.6 Å². The maximum atomic E-state index is 14.1. The zero-order chi connectivity index (χ0) is 30.2. The van der Waals surface area contributed by atoms with Crippen molar-refractivity contribution in [3.8, 4) is 34.3 Å². The van der Waals surface area contributed by atoms with E-state index in [4.69, 9.17) is 19.0 Å².